The fourth-order valence-electron chi connectivity index (χ4n) is 5.56. The standard InChI is InChI=1S/C21H32O/c1-15(2)16-6-8-18-17(14-16)7-9-19-20(3,12-13-22)10-5-11-21(18,19)4/h6,8,14-15,19,22H,5,7,9-13H2,1-4H3/t19-,20+,21+/m0/s1. The summed E-state index contributed by atoms with van der Waals surface area (Å²) in [6, 6.07) is 7.26. The fourth-order valence-corrected chi connectivity index (χ4v) is 5.56. The van der Waals surface area contributed by atoms with Crippen LogP contribution in [0.3, 0.4) is 0 Å². The number of benzene rings is 1. The molecule has 1 N–H and O–H groups in total. The first-order valence-electron chi connectivity index (χ1n) is 9.15. The number of aliphatic hydroxyl groups is 1. The Balaban J connectivity index is 2.02. The maximum atomic E-state index is 9.55. The third-order valence-electron chi connectivity index (χ3n) is 6.85. The molecule has 3 atom stereocenters. The Kier molecular flexibility index (Phi) is 4.14. The normalized spacial score (nSPS) is 34.4. The second-order valence-electron chi connectivity index (χ2n) is 8.56. The first kappa shape index (κ1) is 16.1. The average molecular weight is 300 g/mol. The monoisotopic (exact) mass is 300 g/mol. The first-order valence-corrected chi connectivity index (χ1v) is 9.15. The molecule has 1 nitrogen and oxygen atoms in total. The Hall–Kier alpha value is -0.820. The third-order valence-corrected chi connectivity index (χ3v) is 6.85. The van der Waals surface area contributed by atoms with Gasteiger partial charge in [-0.2, -0.15) is 0 Å². The van der Waals surface area contributed by atoms with Gasteiger partial charge in [0.25, 0.3) is 0 Å². The van der Waals surface area contributed by atoms with Crippen LogP contribution >= 0.6 is 0 Å². The molecule has 0 bridgehead atoms. The van der Waals surface area contributed by atoms with Crippen molar-refractivity contribution >= 4 is 0 Å². The van der Waals surface area contributed by atoms with Crippen LogP contribution in [0.5, 0.6) is 0 Å². The Morgan fingerprint density at radius 1 is 1.23 bits per heavy atom. The molecule has 122 valence electrons. The molecule has 1 aromatic rings. The van der Waals surface area contributed by atoms with Crippen LogP contribution in [-0.2, 0) is 11.8 Å². The van der Waals surface area contributed by atoms with Gasteiger partial charge in [0.1, 0.15) is 0 Å². The van der Waals surface area contributed by atoms with E-state index in [1.165, 1.54) is 37.7 Å². The lowest BCUT2D eigenvalue weighted by Crippen LogP contribution is -2.49. The molecule has 3 rings (SSSR count). The number of hydrogen-bond acceptors (Lipinski definition) is 1. The highest BCUT2D eigenvalue weighted by molar-refractivity contribution is 5.42. The van der Waals surface area contributed by atoms with Crippen LogP contribution in [0.15, 0.2) is 18.2 Å². The molecule has 0 aliphatic heterocycles. The fraction of sp³-hybridized carbons (Fsp3) is 0.714. The predicted octanol–water partition coefficient (Wildman–Crippen LogP) is 5.20. The third kappa shape index (κ3) is 2.42. The summed E-state index contributed by atoms with van der Waals surface area (Å²) in [6.45, 7) is 9.84. The second kappa shape index (κ2) is 5.67. The summed E-state index contributed by atoms with van der Waals surface area (Å²) < 4.78 is 0. The zero-order valence-corrected chi connectivity index (χ0v) is 14.8. The van der Waals surface area contributed by atoms with Gasteiger partial charge < -0.3 is 5.11 Å². The van der Waals surface area contributed by atoms with E-state index in [1.807, 2.05) is 0 Å². The van der Waals surface area contributed by atoms with Crippen LogP contribution in [-0.4, -0.2) is 11.7 Å². The van der Waals surface area contributed by atoms with Crippen molar-refractivity contribution in [2.24, 2.45) is 11.3 Å². The Morgan fingerprint density at radius 3 is 2.68 bits per heavy atom. The van der Waals surface area contributed by atoms with Crippen LogP contribution in [0.4, 0.5) is 0 Å². The van der Waals surface area contributed by atoms with Crippen LogP contribution in [0.2, 0.25) is 0 Å². The van der Waals surface area contributed by atoms with E-state index >= 15 is 0 Å². The van der Waals surface area contributed by atoms with Gasteiger partial charge in [0.2, 0.25) is 0 Å². The number of aryl methyl sites for hydroxylation is 1. The quantitative estimate of drug-likeness (QED) is 0.813. The molecule has 1 aromatic carbocycles. The molecule has 0 unspecified atom stereocenters. The molecule has 1 saturated carbocycles. The molecular weight excluding hydrogens is 268 g/mol. The van der Waals surface area contributed by atoms with Crippen LogP contribution < -0.4 is 0 Å². The van der Waals surface area contributed by atoms with Crippen molar-refractivity contribution in [1.29, 1.82) is 0 Å². The number of aliphatic hydroxyl groups excluding tert-OH is 1. The smallest absolute Gasteiger partial charge is 0.0436 e. The topological polar surface area (TPSA) is 20.2 Å². The van der Waals surface area contributed by atoms with Crippen molar-refractivity contribution in [1.82, 2.24) is 0 Å². The number of hydrogen-bond donors (Lipinski definition) is 1. The summed E-state index contributed by atoms with van der Waals surface area (Å²) in [5.41, 5.74) is 5.31. The maximum absolute atomic E-state index is 9.55. The largest absolute Gasteiger partial charge is 0.396 e. The minimum atomic E-state index is 0.311. The molecule has 1 heteroatoms. The van der Waals surface area contributed by atoms with Crippen LogP contribution in [0.1, 0.15) is 82.4 Å². The van der Waals surface area contributed by atoms with Gasteiger partial charge in [-0.15, -0.1) is 0 Å². The lowest BCUT2D eigenvalue weighted by molar-refractivity contribution is 0.00677. The molecule has 0 spiro atoms. The van der Waals surface area contributed by atoms with Crippen molar-refractivity contribution in [3.05, 3.63) is 34.9 Å². The predicted molar refractivity (Wildman–Crippen MR) is 93.4 cm³/mol. The van der Waals surface area contributed by atoms with E-state index in [0.29, 0.717) is 23.4 Å². The van der Waals surface area contributed by atoms with E-state index in [4.69, 9.17) is 0 Å². The summed E-state index contributed by atoms with van der Waals surface area (Å²) in [4.78, 5) is 0. The van der Waals surface area contributed by atoms with E-state index < -0.39 is 0 Å². The van der Waals surface area contributed by atoms with Crippen molar-refractivity contribution in [2.75, 3.05) is 6.61 Å². The number of rotatable bonds is 3. The minimum absolute atomic E-state index is 0.311. The maximum Gasteiger partial charge on any atom is 0.0436 e. The zero-order valence-electron chi connectivity index (χ0n) is 14.8. The van der Waals surface area contributed by atoms with Gasteiger partial charge in [-0.1, -0.05) is 52.3 Å². The Bertz CT molecular complexity index is 543. The molecule has 0 amide bonds. The van der Waals surface area contributed by atoms with Crippen molar-refractivity contribution in [3.8, 4) is 0 Å². The van der Waals surface area contributed by atoms with Gasteiger partial charge >= 0.3 is 0 Å². The minimum Gasteiger partial charge on any atom is -0.396 e. The summed E-state index contributed by atoms with van der Waals surface area (Å²) >= 11 is 0. The Morgan fingerprint density at radius 2 is 2.00 bits per heavy atom. The zero-order chi connectivity index (χ0) is 16.0. The van der Waals surface area contributed by atoms with Gasteiger partial charge in [0.05, 0.1) is 0 Å². The van der Waals surface area contributed by atoms with Gasteiger partial charge in [-0.3, -0.25) is 0 Å². The van der Waals surface area contributed by atoms with E-state index in [1.54, 1.807) is 11.1 Å². The van der Waals surface area contributed by atoms with Gasteiger partial charge in [-0.25, -0.2) is 0 Å². The molecule has 0 heterocycles. The summed E-state index contributed by atoms with van der Waals surface area (Å²) in [6.07, 6.45) is 7.38. The van der Waals surface area contributed by atoms with E-state index in [-0.39, 0.29) is 0 Å². The highest BCUT2D eigenvalue weighted by Crippen LogP contribution is 2.58. The van der Waals surface area contributed by atoms with E-state index in [0.717, 1.165) is 12.3 Å². The van der Waals surface area contributed by atoms with Crippen LogP contribution in [0, 0.1) is 11.3 Å². The Labute approximate surface area is 136 Å². The average Bonchev–Trinajstić information content (AvgIpc) is 2.46. The molecule has 0 saturated heterocycles. The lowest BCUT2D eigenvalue weighted by atomic mass is 9.49. The summed E-state index contributed by atoms with van der Waals surface area (Å²) in [5.74, 6) is 1.33. The molecule has 22 heavy (non-hydrogen) atoms. The molecular formula is C21H32O. The van der Waals surface area contributed by atoms with Crippen molar-refractivity contribution in [3.63, 3.8) is 0 Å². The van der Waals surface area contributed by atoms with Crippen molar-refractivity contribution in [2.45, 2.75) is 77.6 Å². The number of fused-ring (bicyclic) bond motifs is 3. The van der Waals surface area contributed by atoms with Crippen LogP contribution in [0.25, 0.3) is 0 Å². The second-order valence-corrected chi connectivity index (χ2v) is 8.56. The van der Waals surface area contributed by atoms with E-state index in [2.05, 4.69) is 45.9 Å². The highest BCUT2D eigenvalue weighted by Gasteiger charge is 2.51. The molecule has 0 radical (unpaired) electrons. The SMILES string of the molecule is CC(C)c1ccc2c(c1)CC[C@H]1[C@@](C)(CCO)CCC[C@]21C. The summed E-state index contributed by atoms with van der Waals surface area (Å²) in [7, 11) is 0. The molecule has 2 aliphatic rings. The van der Waals surface area contributed by atoms with Gasteiger partial charge in [-0.05, 0) is 71.5 Å². The molecule has 2 aliphatic carbocycles. The van der Waals surface area contributed by atoms with Gasteiger partial charge in [0, 0.05) is 6.61 Å². The lowest BCUT2D eigenvalue weighted by Gasteiger charge is -2.55. The molecule has 1 fully saturated rings. The van der Waals surface area contributed by atoms with E-state index in [9.17, 15) is 5.11 Å². The van der Waals surface area contributed by atoms with Gasteiger partial charge in [0.15, 0.2) is 0 Å². The van der Waals surface area contributed by atoms with Crippen molar-refractivity contribution < 1.29 is 5.11 Å². The highest BCUT2D eigenvalue weighted by atomic mass is 16.3. The summed E-state index contributed by atoms with van der Waals surface area (Å²) in [5, 5.41) is 9.55. The first-order chi connectivity index (χ1) is 10.4. The molecule has 0 aromatic heterocycles.